The van der Waals surface area contributed by atoms with Crippen molar-refractivity contribution in [3.8, 4) is 0 Å². The molecule has 0 saturated heterocycles. The minimum Gasteiger partial charge on any atom is -0.768 e. The van der Waals surface area contributed by atoms with Crippen LogP contribution in [0.1, 0.15) is 0 Å². The van der Waals surface area contributed by atoms with Crippen molar-refractivity contribution < 1.29 is 76.6 Å². The second kappa shape index (κ2) is 13.3. The first-order valence-electron chi connectivity index (χ1n) is 4.90. The van der Waals surface area contributed by atoms with Crippen molar-refractivity contribution in [1.82, 2.24) is 0 Å². The van der Waals surface area contributed by atoms with Crippen LogP contribution in [-0.2, 0) is 22.2 Å². The summed E-state index contributed by atoms with van der Waals surface area (Å²) in [6, 6.07) is 16.5. The SMILES string of the molecule is O=S([O-])c1ccccc1.O=S([O-])c1ccccc1.[Na+].[Na+]. The van der Waals surface area contributed by atoms with Crippen LogP contribution in [0.15, 0.2) is 70.5 Å². The minimum absolute atomic E-state index is 0. The summed E-state index contributed by atoms with van der Waals surface area (Å²) in [5.74, 6) is 0. The molecular weight excluding hydrogens is 318 g/mol. The summed E-state index contributed by atoms with van der Waals surface area (Å²) in [6.07, 6.45) is 0. The second-order valence-electron chi connectivity index (χ2n) is 3.10. The van der Waals surface area contributed by atoms with Crippen LogP contribution in [0.4, 0.5) is 0 Å². The molecule has 0 fully saturated rings. The topological polar surface area (TPSA) is 80.3 Å². The van der Waals surface area contributed by atoms with Gasteiger partial charge in [-0.1, -0.05) is 36.4 Å². The van der Waals surface area contributed by atoms with E-state index in [9.17, 15) is 17.5 Å². The molecule has 0 radical (unpaired) electrons. The van der Waals surface area contributed by atoms with E-state index in [-0.39, 0.29) is 59.1 Å². The van der Waals surface area contributed by atoms with E-state index in [0.29, 0.717) is 9.79 Å². The predicted molar refractivity (Wildman–Crippen MR) is 67.3 cm³/mol. The fourth-order valence-electron chi connectivity index (χ4n) is 1.06. The summed E-state index contributed by atoms with van der Waals surface area (Å²) in [4.78, 5) is 0.662. The van der Waals surface area contributed by atoms with E-state index >= 15 is 0 Å². The zero-order chi connectivity index (χ0) is 13.4. The van der Waals surface area contributed by atoms with Gasteiger partial charge < -0.3 is 9.11 Å². The molecule has 2 rings (SSSR count). The Morgan fingerprint density at radius 3 is 1.00 bits per heavy atom. The van der Waals surface area contributed by atoms with Gasteiger partial charge in [0, 0.05) is 9.79 Å². The fourth-order valence-corrected chi connectivity index (χ4v) is 1.82. The van der Waals surface area contributed by atoms with Gasteiger partial charge in [0.15, 0.2) is 0 Å². The van der Waals surface area contributed by atoms with Crippen LogP contribution in [0, 0.1) is 0 Å². The number of hydrogen-bond donors (Lipinski definition) is 0. The van der Waals surface area contributed by atoms with Gasteiger partial charge in [-0.3, -0.25) is 8.42 Å². The Hall–Kier alpha value is 0.660. The van der Waals surface area contributed by atoms with Crippen molar-refractivity contribution in [3.05, 3.63) is 60.7 Å². The summed E-state index contributed by atoms with van der Waals surface area (Å²) in [7, 11) is 0. The minimum atomic E-state index is -2.08. The zero-order valence-electron chi connectivity index (χ0n) is 11.2. The largest absolute Gasteiger partial charge is 1.00 e. The molecule has 2 atom stereocenters. The maximum absolute atomic E-state index is 10.2. The maximum Gasteiger partial charge on any atom is 1.00 e. The van der Waals surface area contributed by atoms with Gasteiger partial charge in [-0.25, -0.2) is 0 Å². The van der Waals surface area contributed by atoms with Crippen molar-refractivity contribution >= 4 is 22.2 Å². The van der Waals surface area contributed by atoms with Crippen molar-refractivity contribution in [1.29, 1.82) is 0 Å². The Labute approximate surface area is 167 Å². The molecule has 0 bridgehead atoms. The summed E-state index contributed by atoms with van der Waals surface area (Å²) in [6.45, 7) is 0. The zero-order valence-corrected chi connectivity index (χ0v) is 16.9. The fraction of sp³-hybridized carbons (Fsp3) is 0. The Morgan fingerprint density at radius 2 is 0.850 bits per heavy atom. The van der Waals surface area contributed by atoms with E-state index in [4.69, 9.17) is 0 Å². The molecule has 4 nitrogen and oxygen atoms in total. The summed E-state index contributed by atoms with van der Waals surface area (Å²) in [5.41, 5.74) is 0. The quantitative estimate of drug-likeness (QED) is 0.414. The van der Waals surface area contributed by atoms with E-state index in [1.54, 1.807) is 60.7 Å². The van der Waals surface area contributed by atoms with Crippen LogP contribution in [-0.4, -0.2) is 17.5 Å². The monoisotopic (exact) mass is 328 g/mol. The summed E-state index contributed by atoms with van der Waals surface area (Å²) >= 11 is -4.16. The molecule has 20 heavy (non-hydrogen) atoms. The van der Waals surface area contributed by atoms with E-state index in [2.05, 4.69) is 0 Å². The first kappa shape index (κ1) is 22.9. The van der Waals surface area contributed by atoms with Crippen molar-refractivity contribution in [3.63, 3.8) is 0 Å². The first-order valence-corrected chi connectivity index (χ1v) is 7.05. The molecule has 0 aliphatic heterocycles. The van der Waals surface area contributed by atoms with Gasteiger partial charge in [-0.2, -0.15) is 0 Å². The van der Waals surface area contributed by atoms with Gasteiger partial charge in [-0.15, -0.1) is 0 Å². The molecule has 0 spiro atoms. The van der Waals surface area contributed by atoms with Crippen molar-refractivity contribution in [2.45, 2.75) is 9.79 Å². The molecular formula is C12H10Na2O4S2. The molecule has 0 aliphatic rings. The van der Waals surface area contributed by atoms with E-state index in [1.165, 1.54) is 0 Å². The normalized spacial score (nSPS) is 11.7. The van der Waals surface area contributed by atoms with Crippen LogP contribution in [0.2, 0.25) is 0 Å². The standard InChI is InChI=1S/2C6H6O2S.2Na/c2*7-9(8)6-4-2-1-3-5-6;;/h2*1-5H,(H,7,8);;/q;;2*+1/p-2. The van der Waals surface area contributed by atoms with Gasteiger partial charge in [0.1, 0.15) is 0 Å². The molecule has 2 aromatic rings. The molecule has 0 amide bonds. The molecule has 0 heterocycles. The van der Waals surface area contributed by atoms with Crippen molar-refractivity contribution in [2.75, 3.05) is 0 Å². The van der Waals surface area contributed by atoms with Gasteiger partial charge >= 0.3 is 59.1 Å². The molecule has 0 saturated carbocycles. The second-order valence-corrected chi connectivity index (χ2v) is 4.98. The summed E-state index contributed by atoms with van der Waals surface area (Å²) < 4.78 is 40.8. The Bertz CT molecular complexity index is 474. The third-order valence-corrected chi connectivity index (χ3v) is 3.19. The van der Waals surface area contributed by atoms with E-state index in [0.717, 1.165) is 0 Å². The smallest absolute Gasteiger partial charge is 0.768 e. The third-order valence-electron chi connectivity index (χ3n) is 1.87. The van der Waals surface area contributed by atoms with Gasteiger partial charge in [-0.05, 0) is 46.4 Å². The third kappa shape index (κ3) is 9.57. The average molecular weight is 328 g/mol. The molecule has 0 N–H and O–H groups in total. The number of hydrogen-bond acceptors (Lipinski definition) is 4. The van der Waals surface area contributed by atoms with Crippen LogP contribution in [0.5, 0.6) is 0 Å². The Morgan fingerprint density at radius 1 is 0.600 bits per heavy atom. The van der Waals surface area contributed by atoms with E-state index in [1.807, 2.05) is 0 Å². The maximum atomic E-state index is 10.2. The van der Waals surface area contributed by atoms with Crippen LogP contribution in [0.25, 0.3) is 0 Å². The average Bonchev–Trinajstić information content (AvgIpc) is 2.41. The van der Waals surface area contributed by atoms with Crippen LogP contribution >= 0.6 is 0 Å². The van der Waals surface area contributed by atoms with Gasteiger partial charge in [0.25, 0.3) is 0 Å². The molecule has 0 aromatic heterocycles. The van der Waals surface area contributed by atoms with E-state index < -0.39 is 22.2 Å². The van der Waals surface area contributed by atoms with Crippen LogP contribution < -0.4 is 59.1 Å². The molecule has 96 valence electrons. The first-order chi connectivity index (χ1) is 8.61. The van der Waals surface area contributed by atoms with Gasteiger partial charge in [0.2, 0.25) is 0 Å². The molecule has 8 heteroatoms. The Kier molecular flexibility index (Phi) is 15.3. The number of rotatable bonds is 2. The van der Waals surface area contributed by atoms with Gasteiger partial charge in [0.05, 0.1) is 0 Å². The van der Waals surface area contributed by atoms with Crippen LogP contribution in [0.3, 0.4) is 0 Å². The molecule has 0 aliphatic carbocycles. The molecule has 2 unspecified atom stereocenters. The summed E-state index contributed by atoms with van der Waals surface area (Å²) in [5, 5.41) is 0. The number of benzene rings is 2. The molecule has 2 aromatic carbocycles. The Balaban J connectivity index is 0. The predicted octanol–water partition coefficient (Wildman–Crippen LogP) is -4.14. The van der Waals surface area contributed by atoms with Crippen molar-refractivity contribution in [2.24, 2.45) is 0 Å².